The van der Waals surface area contributed by atoms with Crippen LogP contribution in [0.4, 0.5) is 16.2 Å². The number of ether oxygens (including phenoxy) is 2. The molecule has 2 aromatic rings. The molecule has 9 heteroatoms. The molecule has 4 rings (SSSR count). The lowest BCUT2D eigenvalue weighted by Crippen LogP contribution is -2.46. The van der Waals surface area contributed by atoms with Crippen LogP contribution in [0.1, 0.15) is 13.8 Å². The second kappa shape index (κ2) is 9.29. The highest BCUT2D eigenvalue weighted by Gasteiger charge is 2.40. The van der Waals surface area contributed by atoms with Gasteiger partial charge in [0.25, 0.3) is 0 Å². The molecule has 0 saturated carbocycles. The molecule has 2 heterocycles. The van der Waals surface area contributed by atoms with Gasteiger partial charge in [0.05, 0.1) is 34.3 Å². The van der Waals surface area contributed by atoms with Crippen molar-refractivity contribution < 1.29 is 14.3 Å². The molecule has 1 unspecified atom stereocenters. The van der Waals surface area contributed by atoms with E-state index in [0.29, 0.717) is 34.7 Å². The highest BCUT2D eigenvalue weighted by Crippen LogP contribution is 2.52. The maximum Gasteiger partial charge on any atom is 0.424 e. The van der Waals surface area contributed by atoms with Gasteiger partial charge in [-0.1, -0.05) is 23.2 Å². The maximum absolute atomic E-state index is 13.2. The zero-order valence-corrected chi connectivity index (χ0v) is 19.4. The molecule has 160 valence electrons. The summed E-state index contributed by atoms with van der Waals surface area (Å²) in [7, 11) is -1.16. The van der Waals surface area contributed by atoms with E-state index in [1.807, 2.05) is 6.07 Å². The molecule has 1 saturated heterocycles. The van der Waals surface area contributed by atoms with Gasteiger partial charge in [-0.05, 0) is 44.2 Å². The van der Waals surface area contributed by atoms with E-state index in [4.69, 9.17) is 32.7 Å². The minimum atomic E-state index is -1.16. The molecule has 6 nitrogen and oxygen atoms in total. The van der Waals surface area contributed by atoms with E-state index < -0.39 is 14.3 Å². The predicted molar refractivity (Wildman–Crippen MR) is 124 cm³/mol. The third-order valence-corrected chi connectivity index (χ3v) is 8.50. The highest BCUT2D eigenvalue weighted by atomic mass is 35.5. The number of amides is 1. The van der Waals surface area contributed by atoms with Crippen LogP contribution in [-0.2, 0) is 4.74 Å². The van der Waals surface area contributed by atoms with Crippen LogP contribution < -0.4 is 19.6 Å². The molecule has 0 spiro atoms. The average Bonchev–Trinajstić information content (AvgIpc) is 2.76. The van der Waals surface area contributed by atoms with Gasteiger partial charge in [-0.15, -0.1) is 0 Å². The summed E-state index contributed by atoms with van der Waals surface area (Å²) < 4.78 is 15.4. The van der Waals surface area contributed by atoms with Crippen LogP contribution in [0.25, 0.3) is 0 Å². The van der Waals surface area contributed by atoms with Crippen molar-refractivity contribution in [3.63, 3.8) is 0 Å². The molecule has 0 aliphatic carbocycles. The van der Waals surface area contributed by atoms with E-state index in [1.165, 1.54) is 0 Å². The average molecular weight is 468 g/mol. The van der Waals surface area contributed by atoms with Gasteiger partial charge in [0.15, 0.2) is 0 Å². The Balaban J connectivity index is 1.80. The Morgan fingerprint density at radius 3 is 2.43 bits per heavy atom. The van der Waals surface area contributed by atoms with E-state index in [1.54, 1.807) is 22.9 Å². The summed E-state index contributed by atoms with van der Waals surface area (Å²) in [6, 6.07) is 11.4. The van der Waals surface area contributed by atoms with Crippen molar-refractivity contribution in [2.45, 2.75) is 13.8 Å². The summed E-state index contributed by atoms with van der Waals surface area (Å²) in [5.41, 5.74) is 1.72. The van der Waals surface area contributed by atoms with E-state index in [0.717, 1.165) is 37.2 Å². The number of benzene rings is 2. The maximum atomic E-state index is 13.2. The van der Waals surface area contributed by atoms with Crippen molar-refractivity contribution >= 4 is 54.2 Å². The van der Waals surface area contributed by atoms with Crippen molar-refractivity contribution in [2.75, 3.05) is 49.0 Å². The van der Waals surface area contributed by atoms with Gasteiger partial charge in [-0.25, -0.2) is 9.46 Å². The Hall–Kier alpha value is -1.56. The van der Waals surface area contributed by atoms with Crippen LogP contribution in [0.2, 0.25) is 10.0 Å². The SMILES string of the molecule is CCN(CC)c1ccc2c(c1)OC(=O)N(c1ccc(Cl)c(Cl)c1)P2N1CCOCC1. The molecule has 0 N–H and O–H groups in total. The Labute approximate surface area is 188 Å². The van der Waals surface area contributed by atoms with E-state index in [-0.39, 0.29) is 0 Å². The summed E-state index contributed by atoms with van der Waals surface area (Å²) in [4.78, 5) is 15.4. The van der Waals surface area contributed by atoms with Crippen molar-refractivity contribution in [2.24, 2.45) is 0 Å². The number of rotatable bonds is 5. The molecule has 2 aliphatic heterocycles. The number of fused-ring (bicyclic) bond motifs is 1. The van der Waals surface area contributed by atoms with Crippen LogP contribution in [0, 0.1) is 0 Å². The molecular weight excluding hydrogens is 444 g/mol. The number of morpholine rings is 1. The van der Waals surface area contributed by atoms with Gasteiger partial charge < -0.3 is 14.4 Å². The molecule has 0 bridgehead atoms. The fraction of sp³-hybridized carbons (Fsp3) is 0.381. The largest absolute Gasteiger partial charge is 0.424 e. The Kier molecular flexibility index (Phi) is 6.71. The quantitative estimate of drug-likeness (QED) is 0.570. The smallest absolute Gasteiger partial charge is 0.409 e. The van der Waals surface area contributed by atoms with Crippen molar-refractivity contribution in [1.29, 1.82) is 0 Å². The zero-order valence-electron chi connectivity index (χ0n) is 17.0. The summed E-state index contributed by atoms with van der Waals surface area (Å²) in [5, 5.41) is 1.86. The lowest BCUT2D eigenvalue weighted by Gasteiger charge is -2.43. The Morgan fingerprint density at radius 1 is 1.03 bits per heavy atom. The molecular formula is C21H24Cl2N3O3P. The predicted octanol–water partition coefficient (Wildman–Crippen LogP) is 5.13. The minimum Gasteiger partial charge on any atom is -0.409 e. The van der Waals surface area contributed by atoms with Gasteiger partial charge in [-0.2, -0.15) is 0 Å². The van der Waals surface area contributed by atoms with Crippen LogP contribution in [-0.4, -0.2) is 50.2 Å². The third-order valence-electron chi connectivity index (χ3n) is 5.25. The van der Waals surface area contributed by atoms with Gasteiger partial charge in [-0.3, -0.25) is 4.67 Å². The number of hydrogen-bond acceptors (Lipinski definition) is 5. The molecule has 1 amide bonds. The third kappa shape index (κ3) is 4.12. The molecule has 2 aliphatic rings. The van der Waals surface area contributed by atoms with Gasteiger partial charge in [0.1, 0.15) is 14.0 Å². The number of anilines is 2. The van der Waals surface area contributed by atoms with Crippen LogP contribution in [0.5, 0.6) is 5.75 Å². The lowest BCUT2D eigenvalue weighted by atomic mass is 10.2. The normalized spacial score (nSPS) is 19.4. The van der Waals surface area contributed by atoms with Crippen molar-refractivity contribution in [3.05, 3.63) is 46.4 Å². The fourth-order valence-corrected chi connectivity index (χ4v) is 6.37. The lowest BCUT2D eigenvalue weighted by molar-refractivity contribution is 0.0749. The number of carbonyl (C=O) groups is 1. The van der Waals surface area contributed by atoms with Gasteiger partial charge in [0, 0.05) is 37.9 Å². The topological polar surface area (TPSA) is 45.2 Å². The summed E-state index contributed by atoms with van der Waals surface area (Å²) in [6.45, 7) is 8.75. The van der Waals surface area contributed by atoms with Crippen LogP contribution in [0.3, 0.4) is 0 Å². The highest BCUT2D eigenvalue weighted by molar-refractivity contribution is 7.66. The Morgan fingerprint density at radius 2 is 1.77 bits per heavy atom. The monoisotopic (exact) mass is 467 g/mol. The van der Waals surface area contributed by atoms with E-state index in [2.05, 4.69) is 35.6 Å². The van der Waals surface area contributed by atoms with Crippen molar-refractivity contribution in [1.82, 2.24) is 4.67 Å². The first kappa shape index (κ1) is 21.7. The van der Waals surface area contributed by atoms with Crippen LogP contribution in [0.15, 0.2) is 36.4 Å². The number of hydrogen-bond donors (Lipinski definition) is 0. The summed E-state index contributed by atoms with van der Waals surface area (Å²) in [5.74, 6) is 0.623. The van der Waals surface area contributed by atoms with E-state index >= 15 is 0 Å². The zero-order chi connectivity index (χ0) is 21.3. The second-order valence-electron chi connectivity index (χ2n) is 6.96. The standard InChI is InChI=1S/C21H24Cl2N3O3P/c1-3-24(4-2)15-6-8-20-19(14-15)29-21(27)26(16-5-7-17(22)18(23)13-16)30(20)25-9-11-28-12-10-25/h5-8,13-14H,3-4,9-12H2,1-2H3. The second-order valence-corrected chi connectivity index (χ2v) is 9.80. The number of nitrogens with zero attached hydrogens (tertiary/aromatic N) is 3. The molecule has 30 heavy (non-hydrogen) atoms. The molecule has 0 radical (unpaired) electrons. The molecule has 1 atom stereocenters. The molecule has 0 aromatic heterocycles. The molecule has 1 fully saturated rings. The van der Waals surface area contributed by atoms with Crippen LogP contribution >= 0.6 is 31.4 Å². The van der Waals surface area contributed by atoms with E-state index in [9.17, 15) is 4.79 Å². The van der Waals surface area contributed by atoms with Crippen molar-refractivity contribution in [3.8, 4) is 5.75 Å². The first-order valence-electron chi connectivity index (χ1n) is 10.0. The first-order valence-corrected chi connectivity index (χ1v) is 12.0. The minimum absolute atomic E-state index is 0.404. The number of carbonyl (C=O) groups excluding carboxylic acids is 1. The summed E-state index contributed by atoms with van der Waals surface area (Å²) >= 11 is 12.4. The molecule has 2 aromatic carbocycles. The van der Waals surface area contributed by atoms with Gasteiger partial charge >= 0.3 is 6.09 Å². The van der Waals surface area contributed by atoms with Gasteiger partial charge in [0.2, 0.25) is 0 Å². The Bertz CT molecular complexity index is 936. The fourth-order valence-electron chi connectivity index (χ4n) is 3.71. The summed E-state index contributed by atoms with van der Waals surface area (Å²) in [6.07, 6.45) is -0.407. The number of halogens is 2. The first-order chi connectivity index (χ1) is 14.5.